The monoisotopic (exact) mass is 311 g/mol. The number of anilines is 1. The zero-order valence-electron chi connectivity index (χ0n) is 12.4. The molecule has 0 N–H and O–H groups in total. The highest BCUT2D eigenvalue weighted by Gasteiger charge is 2.31. The predicted molar refractivity (Wildman–Crippen MR) is 81.8 cm³/mol. The molecule has 1 aromatic carbocycles. The third-order valence-electron chi connectivity index (χ3n) is 3.91. The summed E-state index contributed by atoms with van der Waals surface area (Å²) in [6.45, 7) is 1.68. The molecule has 0 radical (unpaired) electrons. The van der Waals surface area contributed by atoms with E-state index in [1.165, 1.54) is 24.6 Å². The van der Waals surface area contributed by atoms with Crippen molar-refractivity contribution in [1.29, 1.82) is 0 Å². The number of carbonyl (C=O) groups is 1. The fourth-order valence-electron chi connectivity index (χ4n) is 2.78. The maximum atomic E-state index is 12.9. The van der Waals surface area contributed by atoms with Crippen molar-refractivity contribution >= 4 is 18.0 Å². The lowest BCUT2D eigenvalue weighted by molar-refractivity contribution is -0.137. The van der Waals surface area contributed by atoms with Crippen molar-refractivity contribution in [2.24, 2.45) is 0 Å². The van der Waals surface area contributed by atoms with Crippen molar-refractivity contribution in [2.45, 2.75) is 38.3 Å². The molecule has 22 heavy (non-hydrogen) atoms. The summed E-state index contributed by atoms with van der Waals surface area (Å²) in [4.78, 5) is 12.7. The van der Waals surface area contributed by atoms with Crippen molar-refractivity contribution in [3.63, 3.8) is 0 Å². The summed E-state index contributed by atoms with van der Waals surface area (Å²) >= 11 is 0. The van der Waals surface area contributed by atoms with Crippen LogP contribution in [0, 0.1) is 0 Å². The highest BCUT2D eigenvalue weighted by atomic mass is 19.4. The highest BCUT2D eigenvalue weighted by Crippen LogP contribution is 2.34. The van der Waals surface area contributed by atoms with E-state index in [1.807, 2.05) is 0 Å². The lowest BCUT2D eigenvalue weighted by Gasteiger charge is -2.28. The first kappa shape index (κ1) is 16.6. The van der Waals surface area contributed by atoms with Gasteiger partial charge in [0.2, 0.25) is 0 Å². The first-order chi connectivity index (χ1) is 10.5. The zero-order chi connectivity index (χ0) is 16.0. The molecule has 0 atom stereocenters. The number of rotatable bonds is 3. The average Bonchev–Trinajstić information content (AvgIpc) is 2.44. The van der Waals surface area contributed by atoms with Crippen LogP contribution in [0.2, 0.25) is 0 Å². The molecule has 0 bridgehead atoms. The van der Waals surface area contributed by atoms with Gasteiger partial charge in [0, 0.05) is 18.8 Å². The maximum absolute atomic E-state index is 12.9. The van der Waals surface area contributed by atoms with Gasteiger partial charge in [0.1, 0.15) is 6.29 Å². The van der Waals surface area contributed by atoms with Crippen molar-refractivity contribution in [3.8, 4) is 0 Å². The molecule has 0 aromatic heterocycles. The van der Waals surface area contributed by atoms with Crippen LogP contribution < -0.4 is 4.90 Å². The molecular formula is C17H20F3NO. The molecule has 1 aliphatic rings. The quantitative estimate of drug-likeness (QED) is 0.596. The summed E-state index contributed by atoms with van der Waals surface area (Å²) in [5, 5.41) is 0. The number of hydrogen-bond donors (Lipinski definition) is 0. The summed E-state index contributed by atoms with van der Waals surface area (Å²) in [7, 11) is 0. The van der Waals surface area contributed by atoms with Crippen LogP contribution in [0.5, 0.6) is 0 Å². The first-order valence-corrected chi connectivity index (χ1v) is 7.60. The smallest absolute Gasteiger partial charge is 0.371 e. The van der Waals surface area contributed by atoms with Crippen molar-refractivity contribution in [2.75, 3.05) is 18.0 Å². The number of allylic oxidation sites excluding steroid dienone is 1. The zero-order valence-corrected chi connectivity index (χ0v) is 12.4. The fourth-order valence-corrected chi connectivity index (χ4v) is 2.78. The van der Waals surface area contributed by atoms with Gasteiger partial charge < -0.3 is 4.90 Å². The Kier molecular flexibility index (Phi) is 5.63. The molecule has 0 amide bonds. The fraction of sp³-hybridized carbons (Fsp3) is 0.471. The second-order valence-electron chi connectivity index (χ2n) is 5.52. The predicted octanol–water partition coefficient (Wildman–Crippen LogP) is 4.69. The Labute approximate surface area is 128 Å². The summed E-state index contributed by atoms with van der Waals surface area (Å²) in [6.07, 6.45) is 4.50. The minimum Gasteiger partial charge on any atom is -0.371 e. The van der Waals surface area contributed by atoms with Gasteiger partial charge in [-0.1, -0.05) is 19.3 Å². The SMILES string of the molecule is O=C/C=C/c1cc(C(F)(F)F)ccc1N1CCCCCCC1. The average molecular weight is 311 g/mol. The van der Waals surface area contributed by atoms with E-state index in [1.54, 1.807) is 0 Å². The molecule has 0 aliphatic carbocycles. The molecule has 0 unspecified atom stereocenters. The maximum Gasteiger partial charge on any atom is 0.416 e. The second kappa shape index (κ2) is 7.47. The molecule has 1 fully saturated rings. The molecule has 0 spiro atoms. The summed E-state index contributed by atoms with van der Waals surface area (Å²) in [5.74, 6) is 0. The van der Waals surface area contributed by atoms with Crippen LogP contribution in [-0.2, 0) is 11.0 Å². The molecule has 1 aliphatic heterocycles. The molecular weight excluding hydrogens is 291 g/mol. The van der Waals surface area contributed by atoms with Gasteiger partial charge in [0.15, 0.2) is 0 Å². The number of hydrogen-bond acceptors (Lipinski definition) is 2. The number of nitrogens with zero attached hydrogens (tertiary/aromatic N) is 1. The highest BCUT2D eigenvalue weighted by molar-refractivity contribution is 5.78. The van der Waals surface area contributed by atoms with Crippen LogP contribution in [0.3, 0.4) is 0 Å². The van der Waals surface area contributed by atoms with E-state index >= 15 is 0 Å². The molecule has 0 saturated carbocycles. The van der Waals surface area contributed by atoms with Gasteiger partial charge >= 0.3 is 6.18 Å². The van der Waals surface area contributed by atoms with Crippen LogP contribution >= 0.6 is 0 Å². The van der Waals surface area contributed by atoms with Gasteiger partial charge in [-0.2, -0.15) is 13.2 Å². The molecule has 1 saturated heterocycles. The van der Waals surface area contributed by atoms with Crippen LogP contribution in [0.15, 0.2) is 24.3 Å². The van der Waals surface area contributed by atoms with E-state index in [2.05, 4.69) is 4.90 Å². The molecule has 1 aromatic rings. The van der Waals surface area contributed by atoms with Gasteiger partial charge in [-0.25, -0.2) is 0 Å². The minimum atomic E-state index is -4.38. The van der Waals surface area contributed by atoms with E-state index in [4.69, 9.17) is 0 Å². The second-order valence-corrected chi connectivity index (χ2v) is 5.52. The Bertz CT molecular complexity index is 529. The summed E-state index contributed by atoms with van der Waals surface area (Å²) in [6, 6.07) is 3.76. The standard InChI is InChI=1S/C17H20F3NO/c18-17(19,20)15-8-9-16(14(13-15)7-6-12-22)21-10-4-2-1-3-5-11-21/h6-9,12-13H,1-5,10-11H2/b7-6+. The molecule has 120 valence electrons. The Morgan fingerprint density at radius 2 is 1.64 bits per heavy atom. The Morgan fingerprint density at radius 3 is 2.23 bits per heavy atom. The lowest BCUT2D eigenvalue weighted by Crippen LogP contribution is -2.27. The van der Waals surface area contributed by atoms with Crippen molar-refractivity contribution in [3.05, 3.63) is 35.4 Å². The van der Waals surface area contributed by atoms with E-state index in [0.29, 0.717) is 11.8 Å². The van der Waals surface area contributed by atoms with Gasteiger partial charge in [-0.05, 0) is 48.8 Å². The van der Waals surface area contributed by atoms with Gasteiger partial charge in [-0.15, -0.1) is 0 Å². The number of alkyl halides is 3. The number of benzene rings is 1. The van der Waals surface area contributed by atoms with E-state index in [-0.39, 0.29) is 0 Å². The minimum absolute atomic E-state index is 0.447. The number of aldehydes is 1. The third-order valence-corrected chi connectivity index (χ3v) is 3.91. The van der Waals surface area contributed by atoms with Gasteiger partial charge in [0.25, 0.3) is 0 Å². The largest absolute Gasteiger partial charge is 0.416 e. The van der Waals surface area contributed by atoms with Crippen LogP contribution in [0.4, 0.5) is 18.9 Å². The van der Waals surface area contributed by atoms with Crippen molar-refractivity contribution < 1.29 is 18.0 Å². The number of halogens is 3. The van der Waals surface area contributed by atoms with Crippen molar-refractivity contribution in [1.82, 2.24) is 0 Å². The summed E-state index contributed by atoms with van der Waals surface area (Å²) in [5.41, 5.74) is 0.532. The summed E-state index contributed by atoms with van der Waals surface area (Å²) < 4.78 is 38.6. The van der Waals surface area contributed by atoms with Crippen LogP contribution in [0.1, 0.15) is 43.2 Å². The molecule has 2 rings (SSSR count). The topological polar surface area (TPSA) is 20.3 Å². The molecule has 2 nitrogen and oxygen atoms in total. The molecule has 5 heteroatoms. The van der Waals surface area contributed by atoms with E-state index < -0.39 is 11.7 Å². The first-order valence-electron chi connectivity index (χ1n) is 7.60. The van der Waals surface area contributed by atoms with Crippen LogP contribution in [0.25, 0.3) is 6.08 Å². The molecule has 1 heterocycles. The Balaban J connectivity index is 2.35. The Hall–Kier alpha value is -1.78. The van der Waals surface area contributed by atoms with Gasteiger partial charge in [0.05, 0.1) is 5.56 Å². The third kappa shape index (κ3) is 4.36. The normalized spacial score (nSPS) is 17.3. The van der Waals surface area contributed by atoms with E-state index in [0.717, 1.165) is 56.6 Å². The lowest BCUT2D eigenvalue weighted by atomic mass is 10.0. The van der Waals surface area contributed by atoms with Gasteiger partial charge in [-0.3, -0.25) is 4.79 Å². The van der Waals surface area contributed by atoms with E-state index in [9.17, 15) is 18.0 Å². The number of carbonyl (C=O) groups excluding carboxylic acids is 1. The van der Waals surface area contributed by atoms with Crippen LogP contribution in [-0.4, -0.2) is 19.4 Å². The Morgan fingerprint density at radius 1 is 1.00 bits per heavy atom.